The van der Waals surface area contributed by atoms with Gasteiger partial charge in [-0.1, -0.05) is 41.9 Å². The molecule has 19 heavy (non-hydrogen) atoms. The van der Waals surface area contributed by atoms with Gasteiger partial charge in [0.15, 0.2) is 0 Å². The number of hydrogen-bond acceptors (Lipinski definition) is 2. The second-order valence-corrected chi connectivity index (χ2v) is 5.02. The van der Waals surface area contributed by atoms with Crippen molar-refractivity contribution >= 4 is 11.6 Å². The molecule has 0 aliphatic rings. The van der Waals surface area contributed by atoms with E-state index in [0.29, 0.717) is 6.54 Å². The molecule has 2 N–H and O–H groups in total. The van der Waals surface area contributed by atoms with Crippen LogP contribution in [0.15, 0.2) is 48.5 Å². The van der Waals surface area contributed by atoms with Crippen LogP contribution in [-0.2, 0) is 6.42 Å². The molecule has 0 aliphatic heterocycles. The molecular weight excluding hydrogens is 258 g/mol. The molecule has 1 atom stereocenters. The highest BCUT2D eigenvalue weighted by atomic mass is 35.5. The molecule has 2 nitrogen and oxygen atoms in total. The smallest absolute Gasteiger partial charge is 0.123 e. The average molecular weight is 276 g/mol. The Kier molecular flexibility index (Phi) is 4.83. The van der Waals surface area contributed by atoms with Crippen molar-refractivity contribution in [1.29, 1.82) is 0 Å². The number of rotatable bonds is 5. The predicted molar refractivity (Wildman–Crippen MR) is 79.8 cm³/mol. The second kappa shape index (κ2) is 6.60. The van der Waals surface area contributed by atoms with Gasteiger partial charge in [-0.2, -0.15) is 0 Å². The molecule has 2 aromatic carbocycles. The lowest BCUT2D eigenvalue weighted by molar-refractivity contribution is 0.228. The predicted octanol–water partition coefficient (Wildman–Crippen LogP) is 3.66. The van der Waals surface area contributed by atoms with E-state index in [4.69, 9.17) is 22.1 Å². The third kappa shape index (κ3) is 3.98. The Labute approximate surface area is 119 Å². The molecule has 0 spiro atoms. The first-order valence-electron chi connectivity index (χ1n) is 6.38. The van der Waals surface area contributed by atoms with Crippen LogP contribution >= 0.6 is 11.6 Å². The van der Waals surface area contributed by atoms with Crippen molar-refractivity contribution in [2.75, 3.05) is 6.54 Å². The fraction of sp³-hybridized carbons (Fsp3) is 0.250. The van der Waals surface area contributed by atoms with Crippen molar-refractivity contribution in [2.24, 2.45) is 5.73 Å². The summed E-state index contributed by atoms with van der Waals surface area (Å²) in [5, 5.41) is 0.721. The van der Waals surface area contributed by atoms with E-state index in [1.54, 1.807) is 0 Å². The summed E-state index contributed by atoms with van der Waals surface area (Å²) in [6, 6.07) is 16.0. The maximum absolute atomic E-state index is 6.07. The van der Waals surface area contributed by atoms with Gasteiger partial charge >= 0.3 is 0 Å². The fourth-order valence-electron chi connectivity index (χ4n) is 1.88. The van der Waals surface area contributed by atoms with E-state index in [1.807, 2.05) is 43.3 Å². The van der Waals surface area contributed by atoms with Crippen molar-refractivity contribution < 1.29 is 4.74 Å². The first-order valence-corrected chi connectivity index (χ1v) is 6.76. The van der Waals surface area contributed by atoms with Crippen LogP contribution in [0.2, 0.25) is 5.02 Å². The van der Waals surface area contributed by atoms with Gasteiger partial charge in [-0.15, -0.1) is 0 Å². The summed E-state index contributed by atoms with van der Waals surface area (Å²) in [6.45, 7) is 2.45. The van der Waals surface area contributed by atoms with Gasteiger partial charge in [0.2, 0.25) is 0 Å². The van der Waals surface area contributed by atoms with Crippen LogP contribution in [0.4, 0.5) is 0 Å². The Bertz CT molecular complexity index is 528. The molecule has 0 radical (unpaired) electrons. The Morgan fingerprint density at radius 2 is 1.89 bits per heavy atom. The molecule has 0 amide bonds. The van der Waals surface area contributed by atoms with Crippen molar-refractivity contribution in [3.05, 3.63) is 64.7 Å². The fourth-order valence-corrected chi connectivity index (χ4v) is 2.08. The number of halogens is 1. The normalized spacial score (nSPS) is 12.2. The van der Waals surface area contributed by atoms with Gasteiger partial charge in [0.1, 0.15) is 11.9 Å². The van der Waals surface area contributed by atoms with Crippen LogP contribution in [0.5, 0.6) is 5.75 Å². The summed E-state index contributed by atoms with van der Waals surface area (Å²) in [7, 11) is 0. The summed E-state index contributed by atoms with van der Waals surface area (Å²) < 4.78 is 5.84. The molecule has 3 heteroatoms. The van der Waals surface area contributed by atoms with Gasteiger partial charge in [-0.3, -0.25) is 0 Å². The zero-order valence-corrected chi connectivity index (χ0v) is 11.7. The lowest BCUT2D eigenvalue weighted by Crippen LogP contribution is -2.23. The van der Waals surface area contributed by atoms with Crippen LogP contribution in [0.1, 0.15) is 18.1 Å². The van der Waals surface area contributed by atoms with E-state index in [0.717, 1.165) is 22.8 Å². The summed E-state index contributed by atoms with van der Waals surface area (Å²) in [4.78, 5) is 0. The third-order valence-corrected chi connectivity index (χ3v) is 3.16. The lowest BCUT2D eigenvalue weighted by Gasteiger charge is -2.16. The van der Waals surface area contributed by atoms with Crippen LogP contribution in [0.25, 0.3) is 0 Å². The molecule has 2 aromatic rings. The van der Waals surface area contributed by atoms with E-state index in [2.05, 4.69) is 12.1 Å². The largest absolute Gasteiger partial charge is 0.489 e. The topological polar surface area (TPSA) is 35.2 Å². The molecule has 0 heterocycles. The van der Waals surface area contributed by atoms with Gasteiger partial charge in [0, 0.05) is 18.0 Å². The van der Waals surface area contributed by atoms with Gasteiger partial charge in [0.05, 0.1) is 0 Å². The van der Waals surface area contributed by atoms with Gasteiger partial charge in [-0.25, -0.2) is 0 Å². The van der Waals surface area contributed by atoms with Crippen LogP contribution in [0, 0.1) is 0 Å². The summed E-state index contributed by atoms with van der Waals surface area (Å²) >= 11 is 6.07. The van der Waals surface area contributed by atoms with E-state index in [9.17, 15) is 0 Å². The molecule has 0 saturated carbocycles. The maximum atomic E-state index is 6.07. The van der Waals surface area contributed by atoms with Crippen molar-refractivity contribution in [2.45, 2.75) is 19.4 Å². The van der Waals surface area contributed by atoms with E-state index in [1.165, 1.54) is 5.56 Å². The van der Waals surface area contributed by atoms with Crippen LogP contribution in [0.3, 0.4) is 0 Å². The number of benzene rings is 2. The van der Waals surface area contributed by atoms with E-state index in [-0.39, 0.29) is 6.10 Å². The van der Waals surface area contributed by atoms with E-state index < -0.39 is 0 Å². The molecule has 0 saturated heterocycles. The van der Waals surface area contributed by atoms with Gasteiger partial charge < -0.3 is 10.5 Å². The summed E-state index contributed by atoms with van der Waals surface area (Å²) in [5.41, 5.74) is 7.92. The first-order chi connectivity index (χ1) is 9.19. The zero-order chi connectivity index (χ0) is 13.7. The van der Waals surface area contributed by atoms with Crippen LogP contribution in [-0.4, -0.2) is 12.6 Å². The maximum Gasteiger partial charge on any atom is 0.123 e. The molecule has 0 bridgehead atoms. The Morgan fingerprint density at radius 1 is 1.16 bits per heavy atom. The summed E-state index contributed by atoms with van der Waals surface area (Å²) in [5.74, 6) is 0.853. The Balaban J connectivity index is 2.24. The third-order valence-electron chi connectivity index (χ3n) is 2.92. The van der Waals surface area contributed by atoms with Crippen LogP contribution < -0.4 is 10.5 Å². The van der Waals surface area contributed by atoms with Crippen molar-refractivity contribution in [3.63, 3.8) is 0 Å². The Hall–Kier alpha value is -1.51. The standard InChI is InChI=1S/C16H18ClNO/c1-12(11-18)19-16-8-7-15(17)10-14(16)9-13-5-3-2-4-6-13/h2-8,10,12H,9,11,18H2,1H3. The SMILES string of the molecule is CC(CN)Oc1ccc(Cl)cc1Cc1ccccc1. The molecule has 1 unspecified atom stereocenters. The molecular formula is C16H18ClNO. The highest BCUT2D eigenvalue weighted by Gasteiger charge is 2.09. The summed E-state index contributed by atoms with van der Waals surface area (Å²) in [6.07, 6.45) is 0.796. The van der Waals surface area contributed by atoms with Gasteiger partial charge in [0.25, 0.3) is 0 Å². The highest BCUT2D eigenvalue weighted by Crippen LogP contribution is 2.26. The molecule has 0 aliphatic carbocycles. The minimum absolute atomic E-state index is 0.00398. The number of nitrogens with two attached hydrogens (primary N) is 1. The minimum atomic E-state index is -0.00398. The van der Waals surface area contributed by atoms with E-state index >= 15 is 0 Å². The first kappa shape index (κ1) is 13.9. The average Bonchev–Trinajstić information content (AvgIpc) is 2.43. The van der Waals surface area contributed by atoms with Crippen molar-refractivity contribution in [1.82, 2.24) is 0 Å². The quantitative estimate of drug-likeness (QED) is 0.904. The minimum Gasteiger partial charge on any atom is -0.489 e. The van der Waals surface area contributed by atoms with Gasteiger partial charge in [-0.05, 0) is 36.2 Å². The van der Waals surface area contributed by atoms with Crippen molar-refractivity contribution in [3.8, 4) is 5.75 Å². The molecule has 2 rings (SSSR count). The zero-order valence-electron chi connectivity index (χ0n) is 11.0. The molecule has 0 fully saturated rings. The highest BCUT2D eigenvalue weighted by molar-refractivity contribution is 6.30. The lowest BCUT2D eigenvalue weighted by atomic mass is 10.0. The molecule has 0 aromatic heterocycles. The Morgan fingerprint density at radius 3 is 2.58 bits per heavy atom. The number of ether oxygens (including phenoxy) is 1. The molecule has 100 valence electrons. The number of hydrogen-bond donors (Lipinski definition) is 1. The second-order valence-electron chi connectivity index (χ2n) is 4.58. The monoisotopic (exact) mass is 275 g/mol.